The zero-order valence-corrected chi connectivity index (χ0v) is 20.9. The lowest BCUT2D eigenvalue weighted by Crippen LogP contribution is -2.51. The molecule has 0 spiro atoms. The number of imide groups is 1. The summed E-state index contributed by atoms with van der Waals surface area (Å²) in [4.78, 5) is 55.2. The average molecular weight is 512 g/mol. The number of morpholine rings is 1. The van der Waals surface area contributed by atoms with Crippen molar-refractivity contribution >= 4 is 47.2 Å². The Morgan fingerprint density at radius 1 is 1.27 bits per heavy atom. The van der Waals surface area contributed by atoms with E-state index < -0.39 is 29.6 Å². The van der Waals surface area contributed by atoms with E-state index >= 15 is 0 Å². The van der Waals surface area contributed by atoms with E-state index in [9.17, 15) is 19.2 Å². The summed E-state index contributed by atoms with van der Waals surface area (Å²) in [5, 5.41) is 12.8. The molecule has 1 saturated carbocycles. The lowest BCUT2D eigenvalue weighted by atomic mass is 10.1. The molecular weight excluding hydrogens is 482 g/mol. The van der Waals surface area contributed by atoms with Crippen molar-refractivity contribution in [3.05, 3.63) is 23.4 Å². The highest BCUT2D eigenvalue weighted by atomic mass is 16.6. The van der Waals surface area contributed by atoms with E-state index in [0.29, 0.717) is 35.2 Å². The second kappa shape index (κ2) is 9.47. The van der Waals surface area contributed by atoms with Crippen molar-refractivity contribution in [2.24, 2.45) is 0 Å². The highest BCUT2D eigenvalue weighted by Gasteiger charge is 2.32. The van der Waals surface area contributed by atoms with Gasteiger partial charge in [0, 0.05) is 29.8 Å². The van der Waals surface area contributed by atoms with Gasteiger partial charge in [0.2, 0.25) is 5.91 Å². The molecule has 2 aromatic heterocycles. The number of carbonyl (C=O) groups excluding carboxylic acids is 4. The molecule has 4 amide bonds. The number of ether oxygens (including phenoxy) is 2. The van der Waals surface area contributed by atoms with Gasteiger partial charge in [-0.2, -0.15) is 9.61 Å². The van der Waals surface area contributed by atoms with Crippen LogP contribution in [0.3, 0.4) is 0 Å². The van der Waals surface area contributed by atoms with Crippen LogP contribution < -0.4 is 16.0 Å². The molecule has 0 radical (unpaired) electrons. The quantitative estimate of drug-likeness (QED) is 0.398. The molecule has 3 N–H and O–H groups in total. The number of anilines is 2. The number of aromatic nitrogens is 3. The number of carbonyl (C=O) groups is 4. The highest BCUT2D eigenvalue weighted by Crippen LogP contribution is 2.28. The van der Waals surface area contributed by atoms with Crippen molar-refractivity contribution in [2.75, 3.05) is 30.3 Å². The molecule has 3 fully saturated rings. The van der Waals surface area contributed by atoms with Crippen LogP contribution >= 0.6 is 0 Å². The SMILES string of the molecule is CC(C)(C)OC(=O)N1CCOC(C(=O)Nc2cc(NC3CC3)n3ncc(/C=C4\CC(=O)NC4=O)c3n2)C1. The summed E-state index contributed by atoms with van der Waals surface area (Å²) < 4.78 is 12.6. The Bertz CT molecular complexity index is 1310. The Balaban J connectivity index is 1.38. The minimum atomic E-state index is -0.904. The van der Waals surface area contributed by atoms with Gasteiger partial charge in [-0.3, -0.25) is 19.7 Å². The molecule has 2 aliphatic heterocycles. The van der Waals surface area contributed by atoms with Crippen molar-refractivity contribution < 1.29 is 28.7 Å². The normalized spacial score (nSPS) is 21.3. The molecule has 13 heteroatoms. The molecule has 0 aromatic carbocycles. The Morgan fingerprint density at radius 3 is 2.73 bits per heavy atom. The fourth-order valence-electron chi connectivity index (χ4n) is 4.00. The van der Waals surface area contributed by atoms with Gasteiger partial charge >= 0.3 is 6.09 Å². The van der Waals surface area contributed by atoms with E-state index in [-0.39, 0.29) is 31.3 Å². The zero-order valence-electron chi connectivity index (χ0n) is 20.9. The number of fused-ring (bicyclic) bond motifs is 1. The number of hydrogen-bond donors (Lipinski definition) is 3. The van der Waals surface area contributed by atoms with Gasteiger partial charge in [0.25, 0.3) is 11.8 Å². The molecule has 4 heterocycles. The van der Waals surface area contributed by atoms with E-state index in [1.54, 1.807) is 43.6 Å². The summed E-state index contributed by atoms with van der Waals surface area (Å²) in [6.07, 6.45) is 3.73. The van der Waals surface area contributed by atoms with Crippen molar-refractivity contribution in [1.29, 1.82) is 0 Å². The third kappa shape index (κ3) is 5.71. The summed E-state index contributed by atoms with van der Waals surface area (Å²) >= 11 is 0. The first-order valence-electron chi connectivity index (χ1n) is 12.2. The molecule has 5 rings (SSSR count). The summed E-state index contributed by atoms with van der Waals surface area (Å²) in [6.45, 7) is 5.90. The van der Waals surface area contributed by atoms with Crippen LogP contribution in [-0.4, -0.2) is 80.8 Å². The van der Waals surface area contributed by atoms with Gasteiger partial charge in [-0.25, -0.2) is 9.78 Å². The molecule has 2 aromatic rings. The third-order valence-corrected chi connectivity index (χ3v) is 5.92. The largest absolute Gasteiger partial charge is 0.444 e. The number of hydrogen-bond acceptors (Lipinski definition) is 9. The van der Waals surface area contributed by atoms with Gasteiger partial charge in [-0.1, -0.05) is 0 Å². The molecule has 196 valence electrons. The number of rotatable bonds is 5. The zero-order chi connectivity index (χ0) is 26.3. The second-order valence-electron chi connectivity index (χ2n) is 10.3. The minimum absolute atomic E-state index is 0.0209. The van der Waals surface area contributed by atoms with E-state index in [4.69, 9.17) is 9.47 Å². The van der Waals surface area contributed by atoms with Gasteiger partial charge in [-0.05, 0) is 39.7 Å². The topological polar surface area (TPSA) is 156 Å². The van der Waals surface area contributed by atoms with Crippen molar-refractivity contribution in [3.63, 3.8) is 0 Å². The predicted molar refractivity (Wildman–Crippen MR) is 132 cm³/mol. The predicted octanol–water partition coefficient (Wildman–Crippen LogP) is 1.31. The van der Waals surface area contributed by atoms with Gasteiger partial charge < -0.3 is 25.0 Å². The van der Waals surface area contributed by atoms with Gasteiger partial charge in [0.05, 0.1) is 25.8 Å². The van der Waals surface area contributed by atoms with Gasteiger partial charge in [0.1, 0.15) is 17.2 Å². The fourth-order valence-corrected chi connectivity index (χ4v) is 4.00. The molecule has 3 aliphatic rings. The lowest BCUT2D eigenvalue weighted by molar-refractivity contribution is -0.132. The Morgan fingerprint density at radius 2 is 2.05 bits per heavy atom. The monoisotopic (exact) mass is 511 g/mol. The Hall–Kier alpha value is -4.00. The number of nitrogens with zero attached hydrogens (tertiary/aromatic N) is 4. The summed E-state index contributed by atoms with van der Waals surface area (Å²) in [5.74, 6) is -0.389. The first kappa shape index (κ1) is 24.7. The van der Waals surface area contributed by atoms with Gasteiger partial charge in [0.15, 0.2) is 11.8 Å². The Labute approximate surface area is 212 Å². The first-order valence-corrected chi connectivity index (χ1v) is 12.2. The molecule has 37 heavy (non-hydrogen) atoms. The summed E-state index contributed by atoms with van der Waals surface area (Å²) in [7, 11) is 0. The van der Waals surface area contributed by atoms with Crippen LogP contribution in [-0.2, 0) is 23.9 Å². The third-order valence-electron chi connectivity index (χ3n) is 5.92. The summed E-state index contributed by atoms with van der Waals surface area (Å²) in [6, 6.07) is 1.97. The smallest absolute Gasteiger partial charge is 0.410 e. The first-order chi connectivity index (χ1) is 17.6. The second-order valence-corrected chi connectivity index (χ2v) is 10.3. The van der Waals surface area contributed by atoms with Crippen LogP contribution in [0.25, 0.3) is 11.7 Å². The van der Waals surface area contributed by atoms with Crippen LogP contribution in [0.4, 0.5) is 16.4 Å². The van der Waals surface area contributed by atoms with Gasteiger partial charge in [-0.15, -0.1) is 0 Å². The maximum absolute atomic E-state index is 13.1. The molecular formula is C24H29N7O6. The van der Waals surface area contributed by atoms with E-state index in [1.165, 1.54) is 4.90 Å². The van der Waals surface area contributed by atoms with E-state index in [1.807, 2.05) is 0 Å². The van der Waals surface area contributed by atoms with E-state index in [0.717, 1.165) is 12.8 Å². The van der Waals surface area contributed by atoms with Crippen LogP contribution in [0.1, 0.15) is 45.6 Å². The van der Waals surface area contributed by atoms with Crippen molar-refractivity contribution in [1.82, 2.24) is 24.8 Å². The fraction of sp³-hybridized carbons (Fsp3) is 0.500. The molecule has 2 saturated heterocycles. The number of nitrogens with one attached hydrogen (secondary N) is 3. The highest BCUT2D eigenvalue weighted by molar-refractivity contribution is 6.15. The molecule has 13 nitrogen and oxygen atoms in total. The molecule has 1 unspecified atom stereocenters. The minimum Gasteiger partial charge on any atom is -0.444 e. The standard InChI is InChI=1S/C24H29N7O6/c1-24(2,3)37-23(35)30-6-7-36-16(12-30)22(34)28-17-10-18(26-15-4-5-15)31-20(27-17)14(11-25-31)8-13-9-19(32)29-21(13)33/h8,10-11,15-16,26H,4-7,9,12H2,1-3H3,(H,27,28,34)(H,29,32,33)/b13-8+. The maximum atomic E-state index is 13.1. The van der Waals surface area contributed by atoms with Crippen LogP contribution in [0.15, 0.2) is 17.8 Å². The molecule has 1 aliphatic carbocycles. The number of amides is 4. The van der Waals surface area contributed by atoms with Crippen molar-refractivity contribution in [3.8, 4) is 0 Å². The maximum Gasteiger partial charge on any atom is 0.410 e. The lowest BCUT2D eigenvalue weighted by Gasteiger charge is -2.33. The summed E-state index contributed by atoms with van der Waals surface area (Å²) in [5.41, 5.74) is 0.591. The average Bonchev–Trinajstić information content (AvgIpc) is 3.46. The van der Waals surface area contributed by atoms with Crippen LogP contribution in [0, 0.1) is 0 Å². The van der Waals surface area contributed by atoms with Crippen LogP contribution in [0.5, 0.6) is 0 Å². The van der Waals surface area contributed by atoms with E-state index in [2.05, 4.69) is 26.0 Å². The molecule has 0 bridgehead atoms. The Kier molecular flexibility index (Phi) is 6.31. The molecule has 1 atom stereocenters. The van der Waals surface area contributed by atoms with Crippen LogP contribution in [0.2, 0.25) is 0 Å². The van der Waals surface area contributed by atoms with Crippen molar-refractivity contribution in [2.45, 2.75) is 57.8 Å².